The molecule has 4 heteroatoms. The molecule has 4 N–H and O–H groups in total. The lowest BCUT2D eigenvalue weighted by atomic mass is 10.1. The van der Waals surface area contributed by atoms with Gasteiger partial charge >= 0.3 is 0 Å². The molecule has 1 aromatic rings. The minimum atomic E-state index is -0.317. The molecular weight excluding hydrogens is 253 g/mol. The van der Waals surface area contributed by atoms with E-state index in [-0.39, 0.29) is 5.82 Å². The first kappa shape index (κ1) is 17.6. The highest BCUT2D eigenvalue weighted by atomic mass is 19.1. The summed E-state index contributed by atoms with van der Waals surface area (Å²) in [6, 6.07) is 5.82. The van der Waals surface area contributed by atoms with Crippen molar-refractivity contribution >= 4 is 11.9 Å². The molecule has 1 aromatic carbocycles. The van der Waals surface area contributed by atoms with Crippen molar-refractivity contribution in [1.29, 1.82) is 0 Å². The highest BCUT2D eigenvalue weighted by Crippen LogP contribution is 2.16. The van der Waals surface area contributed by atoms with E-state index in [1.54, 1.807) is 37.5 Å². The Bertz CT molecular complexity index is 511. The molecule has 0 bridgehead atoms. The van der Waals surface area contributed by atoms with Crippen LogP contribution < -0.4 is 11.5 Å². The molecule has 20 heavy (non-hydrogen) atoms. The Hall–Kier alpha value is -2.36. The summed E-state index contributed by atoms with van der Waals surface area (Å²) in [6.45, 7) is 7.67. The standard InChI is InChI=1S/C14H16FN3.C2H6/c1-3-10(8-9-18-2)13(16)14(17)11-4-6-12(15)7-5-11;1-2/h3-9H,1,16-17H2,2H3;1-2H3/b10-8+,14-13-,18-9?;. The summed E-state index contributed by atoms with van der Waals surface area (Å²) in [6.07, 6.45) is 4.90. The summed E-state index contributed by atoms with van der Waals surface area (Å²) >= 11 is 0. The van der Waals surface area contributed by atoms with Crippen LogP contribution in [0.5, 0.6) is 0 Å². The number of nitrogens with two attached hydrogens (primary N) is 2. The van der Waals surface area contributed by atoms with Crippen LogP contribution in [0.4, 0.5) is 4.39 Å². The molecule has 0 amide bonds. The molecule has 0 aliphatic heterocycles. The Balaban J connectivity index is 0.00000172. The van der Waals surface area contributed by atoms with Gasteiger partial charge in [0.1, 0.15) is 5.82 Å². The first-order chi connectivity index (χ1) is 9.60. The first-order valence-electron chi connectivity index (χ1n) is 6.36. The Morgan fingerprint density at radius 3 is 2.20 bits per heavy atom. The lowest BCUT2D eigenvalue weighted by Gasteiger charge is -2.08. The zero-order chi connectivity index (χ0) is 15.5. The average Bonchev–Trinajstić information content (AvgIpc) is 2.50. The fraction of sp³-hybridized carbons (Fsp3) is 0.188. The van der Waals surface area contributed by atoms with Crippen LogP contribution in [0, 0.1) is 5.82 Å². The quantitative estimate of drug-likeness (QED) is 0.654. The van der Waals surface area contributed by atoms with Crippen LogP contribution in [0.15, 0.2) is 59.3 Å². The molecule has 1 rings (SSSR count). The number of rotatable bonds is 4. The van der Waals surface area contributed by atoms with E-state index < -0.39 is 0 Å². The molecule has 3 nitrogen and oxygen atoms in total. The summed E-state index contributed by atoms with van der Waals surface area (Å²) in [5.74, 6) is -0.317. The van der Waals surface area contributed by atoms with Gasteiger partial charge in [0.05, 0.1) is 11.4 Å². The smallest absolute Gasteiger partial charge is 0.123 e. The molecule has 0 saturated heterocycles. The minimum Gasteiger partial charge on any atom is -0.397 e. The zero-order valence-electron chi connectivity index (χ0n) is 12.2. The molecule has 0 unspecified atom stereocenters. The number of halogens is 1. The Labute approximate surface area is 120 Å². The van der Waals surface area contributed by atoms with E-state index in [1.807, 2.05) is 13.8 Å². The van der Waals surface area contributed by atoms with Crippen LogP contribution in [0.2, 0.25) is 0 Å². The van der Waals surface area contributed by atoms with Crippen molar-refractivity contribution in [3.63, 3.8) is 0 Å². The van der Waals surface area contributed by atoms with E-state index in [1.165, 1.54) is 12.1 Å². The zero-order valence-corrected chi connectivity index (χ0v) is 12.2. The van der Waals surface area contributed by atoms with Gasteiger partial charge in [0.25, 0.3) is 0 Å². The molecular formula is C16H22FN3. The van der Waals surface area contributed by atoms with Gasteiger partial charge < -0.3 is 11.5 Å². The summed E-state index contributed by atoms with van der Waals surface area (Å²) in [5.41, 5.74) is 14.0. The van der Waals surface area contributed by atoms with Crippen molar-refractivity contribution in [2.45, 2.75) is 13.8 Å². The number of hydrogen-bond acceptors (Lipinski definition) is 3. The summed E-state index contributed by atoms with van der Waals surface area (Å²) in [5, 5.41) is 0. The van der Waals surface area contributed by atoms with Gasteiger partial charge in [-0.25, -0.2) is 4.39 Å². The number of hydrogen-bond donors (Lipinski definition) is 2. The van der Waals surface area contributed by atoms with E-state index in [9.17, 15) is 4.39 Å². The van der Waals surface area contributed by atoms with Gasteiger partial charge in [-0.3, -0.25) is 4.99 Å². The highest BCUT2D eigenvalue weighted by molar-refractivity contribution is 5.78. The molecule has 0 atom stereocenters. The minimum absolute atomic E-state index is 0.317. The van der Waals surface area contributed by atoms with Gasteiger partial charge in [-0.05, 0) is 35.9 Å². The molecule has 0 heterocycles. The third-order valence-corrected chi connectivity index (χ3v) is 2.38. The number of benzene rings is 1. The van der Waals surface area contributed by atoms with E-state index in [0.29, 0.717) is 22.5 Å². The molecule has 0 spiro atoms. The molecule has 108 valence electrons. The second kappa shape index (κ2) is 9.55. The number of aliphatic imine (C=N–C) groups is 1. The van der Waals surface area contributed by atoms with Crippen LogP contribution >= 0.6 is 0 Å². The van der Waals surface area contributed by atoms with Crippen LogP contribution in [0.3, 0.4) is 0 Å². The Morgan fingerprint density at radius 2 is 1.75 bits per heavy atom. The van der Waals surface area contributed by atoms with Crippen molar-refractivity contribution in [2.24, 2.45) is 16.5 Å². The third-order valence-electron chi connectivity index (χ3n) is 2.38. The largest absolute Gasteiger partial charge is 0.397 e. The van der Waals surface area contributed by atoms with Crippen molar-refractivity contribution in [3.8, 4) is 0 Å². The molecule has 0 fully saturated rings. The lowest BCUT2D eigenvalue weighted by Crippen LogP contribution is -2.10. The van der Waals surface area contributed by atoms with Crippen LogP contribution in [0.25, 0.3) is 5.70 Å². The van der Waals surface area contributed by atoms with Crippen LogP contribution in [-0.2, 0) is 0 Å². The highest BCUT2D eigenvalue weighted by Gasteiger charge is 2.05. The summed E-state index contributed by atoms with van der Waals surface area (Å²) in [4.78, 5) is 3.83. The molecule has 0 aromatic heterocycles. The van der Waals surface area contributed by atoms with Gasteiger partial charge in [0.2, 0.25) is 0 Å². The molecule has 0 radical (unpaired) electrons. The van der Waals surface area contributed by atoms with Gasteiger partial charge in [0, 0.05) is 18.8 Å². The van der Waals surface area contributed by atoms with Crippen molar-refractivity contribution in [2.75, 3.05) is 7.05 Å². The van der Waals surface area contributed by atoms with E-state index >= 15 is 0 Å². The van der Waals surface area contributed by atoms with E-state index in [4.69, 9.17) is 11.5 Å². The van der Waals surface area contributed by atoms with Gasteiger partial charge in [-0.2, -0.15) is 0 Å². The van der Waals surface area contributed by atoms with Gasteiger partial charge in [-0.1, -0.05) is 26.5 Å². The van der Waals surface area contributed by atoms with E-state index in [0.717, 1.165) is 0 Å². The molecule has 0 aliphatic carbocycles. The normalized spacial score (nSPS) is 12.5. The second-order valence-electron chi connectivity index (χ2n) is 3.57. The Kier molecular flexibility index (Phi) is 8.43. The van der Waals surface area contributed by atoms with Gasteiger partial charge in [0.15, 0.2) is 0 Å². The molecule has 0 aliphatic rings. The SMILES string of the molecule is C=CC(=C\C=NC)/C(N)=C(/N)c1ccc(F)cc1.CC. The first-order valence-corrected chi connectivity index (χ1v) is 6.36. The number of nitrogens with zero attached hydrogens (tertiary/aromatic N) is 1. The monoisotopic (exact) mass is 275 g/mol. The summed E-state index contributed by atoms with van der Waals surface area (Å²) < 4.78 is 12.8. The van der Waals surface area contributed by atoms with Crippen LogP contribution in [0.1, 0.15) is 19.4 Å². The average molecular weight is 275 g/mol. The predicted molar refractivity (Wildman–Crippen MR) is 85.7 cm³/mol. The predicted octanol–water partition coefficient (Wildman–Crippen LogP) is 3.25. The fourth-order valence-corrected chi connectivity index (χ4v) is 1.36. The maximum absolute atomic E-state index is 12.8. The molecule has 0 saturated carbocycles. The Morgan fingerprint density at radius 1 is 1.20 bits per heavy atom. The second-order valence-corrected chi connectivity index (χ2v) is 3.57. The van der Waals surface area contributed by atoms with Crippen LogP contribution in [-0.4, -0.2) is 13.3 Å². The maximum Gasteiger partial charge on any atom is 0.123 e. The van der Waals surface area contributed by atoms with Crippen molar-refractivity contribution in [3.05, 3.63) is 65.6 Å². The lowest BCUT2D eigenvalue weighted by molar-refractivity contribution is 0.627. The van der Waals surface area contributed by atoms with Crippen molar-refractivity contribution < 1.29 is 4.39 Å². The van der Waals surface area contributed by atoms with Crippen molar-refractivity contribution in [1.82, 2.24) is 0 Å². The van der Waals surface area contributed by atoms with E-state index in [2.05, 4.69) is 11.6 Å². The number of allylic oxidation sites excluding steroid dienone is 2. The topological polar surface area (TPSA) is 64.4 Å². The fourth-order valence-electron chi connectivity index (χ4n) is 1.36. The third kappa shape index (κ3) is 5.10. The van der Waals surface area contributed by atoms with Gasteiger partial charge in [-0.15, -0.1) is 0 Å². The maximum atomic E-state index is 12.8. The summed E-state index contributed by atoms with van der Waals surface area (Å²) in [7, 11) is 1.65.